The molecule has 0 aliphatic heterocycles. The van der Waals surface area contributed by atoms with Crippen molar-refractivity contribution in [2.75, 3.05) is 52.9 Å². The normalized spacial score (nSPS) is 13.1. The average molecular weight is 725 g/mol. The van der Waals surface area contributed by atoms with E-state index in [4.69, 9.17) is 28.4 Å². The van der Waals surface area contributed by atoms with Crippen LogP contribution >= 0.6 is 0 Å². The van der Waals surface area contributed by atoms with Crippen LogP contribution in [0.2, 0.25) is 0 Å². The summed E-state index contributed by atoms with van der Waals surface area (Å²) in [6, 6.07) is 0. The van der Waals surface area contributed by atoms with E-state index >= 15 is 0 Å². The average Bonchev–Trinajstić information content (AvgIpc) is 3.13. The minimum atomic E-state index is -1.47. The fourth-order valence-electron chi connectivity index (χ4n) is 3.58. The van der Waals surface area contributed by atoms with E-state index in [9.17, 15) is 29.1 Å². The van der Waals surface area contributed by atoms with Gasteiger partial charge in [-0.25, -0.2) is 24.0 Å². The van der Waals surface area contributed by atoms with Crippen LogP contribution < -0.4 is 0 Å². The number of carbonyl (C=O) groups is 5. The van der Waals surface area contributed by atoms with Crippen molar-refractivity contribution in [3.05, 3.63) is 122 Å². The van der Waals surface area contributed by atoms with Crippen molar-refractivity contribution in [1.82, 2.24) is 0 Å². The number of carbonyl (C=O) groups excluding carboxylic acids is 5. The number of hydrogen-bond donors (Lipinski definition) is 1. The number of aliphatic hydroxyl groups excluding tert-OH is 1. The molecule has 1 N–H and O–H groups in total. The lowest BCUT2D eigenvalue weighted by atomic mass is 9.90. The Labute approximate surface area is 306 Å². The predicted molar refractivity (Wildman–Crippen MR) is 197 cm³/mol. The molecule has 0 atom stereocenters. The minimum Gasteiger partial charge on any atom is -0.462 e. The van der Waals surface area contributed by atoms with Crippen molar-refractivity contribution in [3.63, 3.8) is 0 Å². The Balaban J connectivity index is 6.58. The van der Waals surface area contributed by atoms with Crippen molar-refractivity contribution in [1.29, 1.82) is 0 Å². The number of allylic oxidation sites excluding steroid dienone is 15. The number of ether oxygens (including phenoxy) is 6. The molecule has 12 nitrogen and oxygen atoms in total. The molecular formula is C40H52O12. The van der Waals surface area contributed by atoms with Gasteiger partial charge in [0, 0.05) is 30.4 Å². The Morgan fingerprint density at radius 1 is 0.385 bits per heavy atom. The first kappa shape index (κ1) is 46.7. The summed E-state index contributed by atoms with van der Waals surface area (Å²) < 4.78 is 33.2. The number of rotatable bonds is 25. The second-order valence-electron chi connectivity index (χ2n) is 11.1. The fourth-order valence-corrected chi connectivity index (χ4v) is 3.58. The zero-order chi connectivity index (χ0) is 38.9. The monoisotopic (exact) mass is 724 g/mol. The smallest absolute Gasteiger partial charge is 0.330 e. The molecule has 0 spiro atoms. The predicted octanol–water partition coefficient (Wildman–Crippen LogP) is 5.35. The van der Waals surface area contributed by atoms with Crippen LogP contribution in [0.5, 0.6) is 0 Å². The molecule has 0 unspecified atom stereocenters. The zero-order valence-corrected chi connectivity index (χ0v) is 30.6. The number of esters is 5. The molecule has 0 aromatic heterocycles. The summed E-state index contributed by atoms with van der Waals surface area (Å²) in [4.78, 5) is 62.5. The van der Waals surface area contributed by atoms with Gasteiger partial charge >= 0.3 is 29.8 Å². The van der Waals surface area contributed by atoms with Gasteiger partial charge in [0.1, 0.15) is 33.0 Å². The van der Waals surface area contributed by atoms with Crippen molar-refractivity contribution >= 4 is 29.8 Å². The molecule has 0 saturated heterocycles. The molecular weight excluding hydrogens is 672 g/mol. The SMILES string of the molecule is C/C=C/C=C/C(=O)OCC(CO)(COCC(COC(=O)/C=C/C=C/C)(COC(=O)/C=C/C=C/C)COC(=O)/C=C/C=C/C)COC(=O)/C=C/C=C/C. The maximum Gasteiger partial charge on any atom is 0.330 e. The third-order valence-corrected chi connectivity index (χ3v) is 6.43. The number of aliphatic hydroxyl groups is 1. The third-order valence-electron chi connectivity index (χ3n) is 6.43. The van der Waals surface area contributed by atoms with Crippen LogP contribution in [0.4, 0.5) is 0 Å². The zero-order valence-electron chi connectivity index (χ0n) is 30.6. The lowest BCUT2D eigenvalue weighted by Gasteiger charge is -2.34. The quantitative estimate of drug-likeness (QED) is 0.0558. The van der Waals surface area contributed by atoms with E-state index in [1.54, 1.807) is 95.4 Å². The van der Waals surface area contributed by atoms with E-state index < -0.39 is 80.3 Å². The van der Waals surface area contributed by atoms with Gasteiger partial charge in [0.2, 0.25) is 0 Å². The molecule has 0 heterocycles. The van der Waals surface area contributed by atoms with Gasteiger partial charge in [-0.05, 0) is 34.6 Å². The third kappa shape index (κ3) is 23.1. The van der Waals surface area contributed by atoms with Crippen LogP contribution in [0, 0.1) is 10.8 Å². The summed E-state index contributed by atoms with van der Waals surface area (Å²) >= 11 is 0. The molecule has 0 aromatic carbocycles. The van der Waals surface area contributed by atoms with Crippen molar-refractivity contribution in [2.45, 2.75) is 34.6 Å². The topological polar surface area (TPSA) is 161 Å². The first-order chi connectivity index (χ1) is 25.0. The van der Waals surface area contributed by atoms with E-state index in [-0.39, 0.29) is 13.2 Å². The molecule has 0 aromatic rings. The van der Waals surface area contributed by atoms with Gasteiger partial charge in [-0.2, -0.15) is 0 Å². The van der Waals surface area contributed by atoms with E-state index in [1.165, 1.54) is 60.8 Å². The number of hydrogen-bond acceptors (Lipinski definition) is 12. The fraction of sp³-hybridized carbons (Fsp3) is 0.375. The van der Waals surface area contributed by atoms with Gasteiger partial charge in [-0.3, -0.25) is 0 Å². The Morgan fingerprint density at radius 2 is 0.615 bits per heavy atom. The van der Waals surface area contributed by atoms with Gasteiger partial charge in [-0.1, -0.05) is 91.1 Å². The lowest BCUT2D eigenvalue weighted by Crippen LogP contribution is -2.46. The van der Waals surface area contributed by atoms with Crippen LogP contribution in [0.3, 0.4) is 0 Å². The van der Waals surface area contributed by atoms with Crippen molar-refractivity contribution in [2.24, 2.45) is 10.8 Å². The van der Waals surface area contributed by atoms with Crippen LogP contribution in [0.1, 0.15) is 34.6 Å². The Bertz CT molecular complexity index is 1270. The van der Waals surface area contributed by atoms with Gasteiger partial charge in [0.05, 0.1) is 30.7 Å². The highest BCUT2D eigenvalue weighted by Crippen LogP contribution is 2.25. The standard InChI is InChI=1S/C40H52O12/c1-6-11-16-21-34(42)48-29-39(26-41,30-49-35(43)22-17-12-7-2)27-47-28-40(31-50-36(44)23-18-13-8-3,32-51-37(45)24-19-14-9-4)33-52-38(46)25-20-15-10-5/h6-25,41H,26-33H2,1-5H3/b11-6+,12-7+,13-8+,14-9+,15-10+,21-16+,22-17+,23-18+,24-19+,25-20+. The highest BCUT2D eigenvalue weighted by atomic mass is 16.6. The van der Waals surface area contributed by atoms with Gasteiger partial charge in [-0.15, -0.1) is 0 Å². The summed E-state index contributed by atoms with van der Waals surface area (Å²) in [7, 11) is 0. The van der Waals surface area contributed by atoms with Gasteiger partial charge in [0.25, 0.3) is 0 Å². The molecule has 12 heteroatoms. The maximum atomic E-state index is 12.6. The largest absolute Gasteiger partial charge is 0.462 e. The Hall–Kier alpha value is -5.33. The van der Waals surface area contributed by atoms with E-state index in [0.29, 0.717) is 0 Å². The molecule has 0 rings (SSSR count). The van der Waals surface area contributed by atoms with E-state index in [1.807, 2.05) is 0 Å². The first-order valence-corrected chi connectivity index (χ1v) is 16.5. The second kappa shape index (κ2) is 29.4. The van der Waals surface area contributed by atoms with Crippen LogP contribution in [0.15, 0.2) is 122 Å². The summed E-state index contributed by atoms with van der Waals surface area (Å²) in [5.41, 5.74) is -2.94. The Morgan fingerprint density at radius 3 is 0.846 bits per heavy atom. The summed E-state index contributed by atoms with van der Waals surface area (Å²) in [5.74, 6) is -3.65. The highest BCUT2D eigenvalue weighted by molar-refractivity contribution is 5.84. The van der Waals surface area contributed by atoms with E-state index in [2.05, 4.69) is 0 Å². The molecule has 0 aliphatic rings. The molecule has 0 bridgehead atoms. The van der Waals surface area contributed by atoms with Gasteiger partial charge < -0.3 is 33.5 Å². The molecule has 0 radical (unpaired) electrons. The molecule has 52 heavy (non-hydrogen) atoms. The second-order valence-corrected chi connectivity index (χ2v) is 11.1. The van der Waals surface area contributed by atoms with E-state index in [0.717, 1.165) is 0 Å². The molecule has 284 valence electrons. The maximum absolute atomic E-state index is 12.6. The molecule has 0 aliphatic carbocycles. The van der Waals surface area contributed by atoms with Crippen LogP contribution in [-0.2, 0) is 52.4 Å². The van der Waals surface area contributed by atoms with Crippen LogP contribution in [-0.4, -0.2) is 87.8 Å². The Kier molecular flexibility index (Phi) is 26.4. The molecule has 0 saturated carbocycles. The minimum absolute atomic E-state index is 0.372. The first-order valence-electron chi connectivity index (χ1n) is 16.5. The van der Waals surface area contributed by atoms with Gasteiger partial charge in [0.15, 0.2) is 0 Å². The molecule has 0 amide bonds. The molecule has 0 fully saturated rings. The lowest BCUT2D eigenvalue weighted by molar-refractivity contribution is -0.166. The summed E-state index contributed by atoms with van der Waals surface area (Å²) in [5, 5.41) is 10.5. The summed E-state index contributed by atoms with van der Waals surface area (Å²) in [6.07, 6.45) is 29.9. The van der Waals surface area contributed by atoms with Crippen LogP contribution in [0.25, 0.3) is 0 Å². The summed E-state index contributed by atoms with van der Waals surface area (Å²) in [6.45, 7) is 5.27. The van der Waals surface area contributed by atoms with Crippen molar-refractivity contribution in [3.8, 4) is 0 Å². The van der Waals surface area contributed by atoms with Crippen molar-refractivity contribution < 1.29 is 57.5 Å². The highest BCUT2D eigenvalue weighted by Gasteiger charge is 2.39.